The van der Waals surface area contributed by atoms with Crippen LogP contribution in [0.5, 0.6) is 0 Å². The summed E-state index contributed by atoms with van der Waals surface area (Å²) in [6.07, 6.45) is 2.18. The Morgan fingerprint density at radius 3 is 2.86 bits per heavy atom. The van der Waals surface area contributed by atoms with Gasteiger partial charge < -0.3 is 15.4 Å². The monoisotopic (exact) mass is 350 g/mol. The maximum atomic E-state index is 12.3. The summed E-state index contributed by atoms with van der Waals surface area (Å²) in [5.74, 6) is -1.56. The predicted octanol–water partition coefficient (Wildman–Crippen LogP) is 2.91. The molecular weight excluding hydrogens is 336 g/mol. The molecule has 2 atom stereocenters. The molecule has 1 heterocycles. The molecule has 110 valence electrons. The van der Waals surface area contributed by atoms with E-state index in [0.29, 0.717) is 18.5 Å². The van der Waals surface area contributed by atoms with E-state index in [1.165, 1.54) is 0 Å². The fourth-order valence-electron chi connectivity index (χ4n) is 2.90. The molecule has 0 saturated heterocycles. The number of hydrogen-bond acceptors (Lipinski definition) is 2. The van der Waals surface area contributed by atoms with Crippen molar-refractivity contribution in [2.45, 2.75) is 25.3 Å². The van der Waals surface area contributed by atoms with E-state index in [1.54, 1.807) is 6.07 Å². The van der Waals surface area contributed by atoms with Crippen LogP contribution in [-0.4, -0.2) is 28.0 Å². The second kappa shape index (κ2) is 5.52. The van der Waals surface area contributed by atoms with Crippen molar-refractivity contribution < 1.29 is 14.7 Å². The van der Waals surface area contributed by atoms with Crippen LogP contribution in [0.15, 0.2) is 28.7 Å². The average molecular weight is 351 g/mol. The van der Waals surface area contributed by atoms with Gasteiger partial charge in [0.15, 0.2) is 0 Å². The zero-order chi connectivity index (χ0) is 15.0. The number of rotatable bonds is 3. The van der Waals surface area contributed by atoms with Crippen molar-refractivity contribution in [3.8, 4) is 0 Å². The molecule has 1 amide bonds. The Morgan fingerprint density at radius 2 is 2.10 bits per heavy atom. The van der Waals surface area contributed by atoms with Crippen molar-refractivity contribution in [3.05, 3.63) is 34.4 Å². The van der Waals surface area contributed by atoms with Gasteiger partial charge in [0.2, 0.25) is 0 Å². The molecule has 2 aromatic rings. The number of carbonyl (C=O) groups excluding carboxylic acids is 1. The molecule has 3 N–H and O–H groups in total. The summed E-state index contributed by atoms with van der Waals surface area (Å²) in [6, 6.07) is 7.22. The van der Waals surface area contributed by atoms with Gasteiger partial charge in [0.25, 0.3) is 5.91 Å². The Hall–Kier alpha value is -1.82. The maximum Gasteiger partial charge on any atom is 0.308 e. The number of aromatic amines is 1. The van der Waals surface area contributed by atoms with Crippen molar-refractivity contribution in [3.63, 3.8) is 0 Å². The first-order valence-electron chi connectivity index (χ1n) is 6.86. The highest BCUT2D eigenvalue weighted by molar-refractivity contribution is 9.10. The Balaban J connectivity index is 1.79. The lowest BCUT2D eigenvalue weighted by molar-refractivity contribution is -0.142. The molecule has 1 aromatic carbocycles. The Kier molecular flexibility index (Phi) is 3.71. The van der Waals surface area contributed by atoms with Crippen molar-refractivity contribution in [2.24, 2.45) is 5.92 Å². The van der Waals surface area contributed by atoms with Crippen molar-refractivity contribution in [1.82, 2.24) is 10.3 Å². The van der Waals surface area contributed by atoms with Gasteiger partial charge >= 0.3 is 5.97 Å². The van der Waals surface area contributed by atoms with Gasteiger partial charge in [0.1, 0.15) is 5.69 Å². The number of fused-ring (bicyclic) bond motifs is 1. The quantitative estimate of drug-likeness (QED) is 0.795. The molecule has 1 aliphatic carbocycles. The number of benzene rings is 1. The van der Waals surface area contributed by atoms with E-state index in [0.717, 1.165) is 21.8 Å². The third-order valence-corrected chi connectivity index (χ3v) is 4.47. The summed E-state index contributed by atoms with van der Waals surface area (Å²) in [5.41, 5.74) is 1.34. The van der Waals surface area contributed by atoms with E-state index in [4.69, 9.17) is 5.11 Å². The lowest BCUT2D eigenvalue weighted by Gasteiger charge is -2.16. The summed E-state index contributed by atoms with van der Waals surface area (Å²) in [6.45, 7) is 0. The van der Waals surface area contributed by atoms with Crippen LogP contribution in [0.1, 0.15) is 29.8 Å². The van der Waals surface area contributed by atoms with E-state index in [1.807, 2.05) is 18.2 Å². The van der Waals surface area contributed by atoms with E-state index >= 15 is 0 Å². The lowest BCUT2D eigenvalue weighted by atomic mass is 10.0. The average Bonchev–Trinajstić information content (AvgIpc) is 3.04. The highest BCUT2D eigenvalue weighted by atomic mass is 79.9. The minimum Gasteiger partial charge on any atom is -0.481 e. The van der Waals surface area contributed by atoms with Crippen LogP contribution in [0.3, 0.4) is 0 Å². The topological polar surface area (TPSA) is 82.2 Å². The first-order chi connectivity index (χ1) is 10.0. The molecule has 6 heteroatoms. The van der Waals surface area contributed by atoms with Gasteiger partial charge in [-0.05, 0) is 37.1 Å². The fraction of sp³-hybridized carbons (Fsp3) is 0.333. The smallest absolute Gasteiger partial charge is 0.308 e. The van der Waals surface area contributed by atoms with Gasteiger partial charge in [-0.3, -0.25) is 9.59 Å². The molecule has 21 heavy (non-hydrogen) atoms. The Labute approximate surface area is 129 Å². The lowest BCUT2D eigenvalue weighted by Crippen LogP contribution is -2.40. The minimum atomic E-state index is -0.835. The van der Waals surface area contributed by atoms with Gasteiger partial charge in [-0.25, -0.2) is 0 Å². The van der Waals surface area contributed by atoms with Crippen LogP contribution < -0.4 is 5.32 Å². The van der Waals surface area contributed by atoms with E-state index in [9.17, 15) is 9.59 Å². The normalized spacial score (nSPS) is 21.6. The molecular formula is C15H15BrN2O3. The van der Waals surface area contributed by atoms with Crippen LogP contribution in [0.2, 0.25) is 0 Å². The summed E-state index contributed by atoms with van der Waals surface area (Å²) < 4.78 is 0.947. The van der Waals surface area contributed by atoms with Crippen LogP contribution in [-0.2, 0) is 4.79 Å². The van der Waals surface area contributed by atoms with Crippen LogP contribution >= 0.6 is 15.9 Å². The number of aliphatic carboxylic acids is 1. The van der Waals surface area contributed by atoms with Gasteiger partial charge in [-0.2, -0.15) is 0 Å². The Morgan fingerprint density at radius 1 is 1.29 bits per heavy atom. The van der Waals surface area contributed by atoms with Crippen LogP contribution in [0, 0.1) is 5.92 Å². The van der Waals surface area contributed by atoms with Gasteiger partial charge in [0.05, 0.1) is 5.92 Å². The molecule has 0 spiro atoms. The summed E-state index contributed by atoms with van der Waals surface area (Å²) >= 11 is 3.39. The van der Waals surface area contributed by atoms with E-state index in [2.05, 4.69) is 26.2 Å². The third-order valence-electron chi connectivity index (χ3n) is 3.98. The molecule has 1 fully saturated rings. The Bertz CT molecular complexity index is 710. The number of hydrogen-bond donors (Lipinski definition) is 3. The molecule has 0 aliphatic heterocycles. The number of nitrogens with one attached hydrogen (secondary N) is 2. The van der Waals surface area contributed by atoms with E-state index < -0.39 is 11.9 Å². The number of amides is 1. The van der Waals surface area contributed by atoms with Crippen molar-refractivity contribution >= 4 is 38.7 Å². The third kappa shape index (κ3) is 2.81. The van der Waals surface area contributed by atoms with Crippen molar-refractivity contribution in [2.75, 3.05) is 0 Å². The van der Waals surface area contributed by atoms with Crippen molar-refractivity contribution in [1.29, 1.82) is 0 Å². The molecule has 1 aliphatic rings. The number of H-pyrrole nitrogens is 1. The van der Waals surface area contributed by atoms with Gasteiger partial charge in [0, 0.05) is 21.4 Å². The second-order valence-electron chi connectivity index (χ2n) is 5.37. The zero-order valence-electron chi connectivity index (χ0n) is 11.2. The molecule has 0 unspecified atom stereocenters. The first-order valence-corrected chi connectivity index (χ1v) is 7.66. The van der Waals surface area contributed by atoms with Gasteiger partial charge in [-0.15, -0.1) is 0 Å². The molecule has 5 nitrogen and oxygen atoms in total. The van der Waals surface area contributed by atoms with E-state index in [-0.39, 0.29) is 11.9 Å². The summed E-state index contributed by atoms with van der Waals surface area (Å²) in [4.78, 5) is 26.5. The highest BCUT2D eigenvalue weighted by Crippen LogP contribution is 2.26. The number of halogens is 1. The predicted molar refractivity (Wildman–Crippen MR) is 82.2 cm³/mol. The number of carboxylic acid groups (broad SMARTS) is 1. The molecule has 0 radical (unpaired) electrons. The fourth-order valence-corrected chi connectivity index (χ4v) is 3.28. The molecule has 3 rings (SSSR count). The highest BCUT2D eigenvalue weighted by Gasteiger charge is 2.34. The summed E-state index contributed by atoms with van der Waals surface area (Å²) in [7, 11) is 0. The minimum absolute atomic E-state index is 0.250. The van der Waals surface area contributed by atoms with Gasteiger partial charge in [-0.1, -0.05) is 22.4 Å². The second-order valence-corrected chi connectivity index (χ2v) is 6.29. The SMILES string of the molecule is O=C(N[C@H]1CCC[C@H]1C(=O)O)c1cc2cc(Br)ccc2[nH]1. The maximum absolute atomic E-state index is 12.3. The number of aromatic nitrogens is 1. The first kappa shape index (κ1) is 14.1. The molecule has 0 bridgehead atoms. The largest absolute Gasteiger partial charge is 0.481 e. The zero-order valence-corrected chi connectivity index (χ0v) is 12.8. The number of carboxylic acids is 1. The molecule has 1 aromatic heterocycles. The van der Waals surface area contributed by atoms with Crippen LogP contribution in [0.4, 0.5) is 0 Å². The number of carbonyl (C=O) groups is 2. The van der Waals surface area contributed by atoms with Crippen LogP contribution in [0.25, 0.3) is 10.9 Å². The standard InChI is InChI=1S/C15H15BrN2O3/c16-9-4-5-11-8(6-9)7-13(17-11)14(19)18-12-3-1-2-10(12)15(20)21/h4-7,10,12,17H,1-3H2,(H,18,19)(H,20,21)/t10-,12+/m1/s1. The molecule has 1 saturated carbocycles. The summed E-state index contributed by atoms with van der Waals surface area (Å²) in [5, 5.41) is 12.9.